The summed E-state index contributed by atoms with van der Waals surface area (Å²) in [4.78, 5) is 0. The van der Waals surface area contributed by atoms with Gasteiger partial charge in [-0.15, -0.1) is 0 Å². The third-order valence-corrected chi connectivity index (χ3v) is 6.15. The Morgan fingerprint density at radius 2 is 1.89 bits per heavy atom. The van der Waals surface area contributed by atoms with Crippen LogP contribution in [0.5, 0.6) is 0 Å². The van der Waals surface area contributed by atoms with Gasteiger partial charge in [-0.1, -0.05) is 12.8 Å². The summed E-state index contributed by atoms with van der Waals surface area (Å²) in [5.74, 6) is 7.42. The summed E-state index contributed by atoms with van der Waals surface area (Å²) in [6.07, 6.45) is 6.67. The second kappa shape index (κ2) is 5.92. The highest BCUT2D eigenvalue weighted by molar-refractivity contribution is 7.99. The number of hydrogen-bond donors (Lipinski definition) is 2. The lowest BCUT2D eigenvalue weighted by atomic mass is 9.82. The highest BCUT2D eigenvalue weighted by atomic mass is 32.2. The van der Waals surface area contributed by atoms with E-state index in [0.29, 0.717) is 12.0 Å². The number of nitrogens with one attached hydrogen (secondary N) is 1. The molecule has 1 aliphatic heterocycles. The van der Waals surface area contributed by atoms with Crippen LogP contribution in [0, 0.1) is 5.92 Å². The Labute approximate surface area is 122 Å². The van der Waals surface area contributed by atoms with Crippen molar-refractivity contribution in [1.82, 2.24) is 5.43 Å². The zero-order valence-corrected chi connectivity index (χ0v) is 13.7. The molecule has 0 aromatic rings. The molecule has 0 aromatic heterocycles. The van der Waals surface area contributed by atoms with Crippen molar-refractivity contribution in [3.8, 4) is 0 Å². The molecule has 2 atom stereocenters. The Morgan fingerprint density at radius 3 is 2.37 bits per heavy atom. The Bertz CT molecular complexity index is 301. The third-order valence-electron chi connectivity index (χ3n) is 4.66. The zero-order valence-electron chi connectivity index (χ0n) is 12.9. The van der Waals surface area contributed by atoms with Crippen LogP contribution in [0.25, 0.3) is 0 Å². The van der Waals surface area contributed by atoms with Gasteiger partial charge in [0.15, 0.2) is 0 Å². The molecular formula is C15H30N2OS. The standard InChI is InChI=1S/C15H30N2OS/c1-14(2)9-12(15(3,4)18-14)13(17-16)10-19-11-7-5-6-8-11/h11-13,17H,5-10,16H2,1-4H3. The van der Waals surface area contributed by atoms with Crippen molar-refractivity contribution in [3.05, 3.63) is 0 Å². The van der Waals surface area contributed by atoms with Gasteiger partial charge in [-0.05, 0) is 47.0 Å². The number of hydrazine groups is 1. The number of ether oxygens (including phenoxy) is 1. The van der Waals surface area contributed by atoms with Crippen LogP contribution < -0.4 is 11.3 Å². The summed E-state index contributed by atoms with van der Waals surface area (Å²) in [6, 6.07) is 0.349. The SMILES string of the molecule is CC1(C)CC(C(CSC2CCCC2)NN)C(C)(C)O1. The van der Waals surface area contributed by atoms with E-state index < -0.39 is 0 Å². The highest BCUT2D eigenvalue weighted by Gasteiger charge is 2.48. The normalized spacial score (nSPS) is 31.7. The second-order valence-electron chi connectivity index (χ2n) is 7.29. The van der Waals surface area contributed by atoms with Crippen LogP contribution in [-0.4, -0.2) is 28.2 Å². The van der Waals surface area contributed by atoms with E-state index in [-0.39, 0.29) is 11.2 Å². The molecule has 2 unspecified atom stereocenters. The lowest BCUT2D eigenvalue weighted by molar-refractivity contribution is -0.0769. The van der Waals surface area contributed by atoms with Crippen molar-refractivity contribution in [2.24, 2.45) is 11.8 Å². The summed E-state index contributed by atoms with van der Waals surface area (Å²) in [7, 11) is 0. The predicted octanol–water partition coefficient (Wildman–Crippen LogP) is 3.09. The molecule has 1 saturated carbocycles. The minimum absolute atomic E-state index is 0.0265. The van der Waals surface area contributed by atoms with Gasteiger partial charge < -0.3 is 4.74 Å². The molecule has 0 bridgehead atoms. The van der Waals surface area contributed by atoms with E-state index in [1.165, 1.54) is 25.7 Å². The summed E-state index contributed by atoms with van der Waals surface area (Å²) < 4.78 is 6.20. The van der Waals surface area contributed by atoms with Crippen molar-refractivity contribution in [2.75, 3.05) is 5.75 Å². The molecule has 3 N–H and O–H groups in total. The molecule has 2 fully saturated rings. The summed E-state index contributed by atoms with van der Waals surface area (Å²) >= 11 is 2.11. The van der Waals surface area contributed by atoms with Crippen LogP contribution in [0.15, 0.2) is 0 Å². The largest absolute Gasteiger partial charge is 0.369 e. The summed E-state index contributed by atoms with van der Waals surface area (Å²) in [5, 5.41) is 0.856. The monoisotopic (exact) mass is 286 g/mol. The second-order valence-corrected chi connectivity index (χ2v) is 8.62. The van der Waals surface area contributed by atoms with Gasteiger partial charge in [0.25, 0.3) is 0 Å². The quantitative estimate of drug-likeness (QED) is 0.602. The summed E-state index contributed by atoms with van der Waals surface area (Å²) in [6.45, 7) is 8.78. The first kappa shape index (κ1) is 15.6. The van der Waals surface area contributed by atoms with Gasteiger partial charge >= 0.3 is 0 Å². The van der Waals surface area contributed by atoms with Crippen molar-refractivity contribution in [2.45, 2.75) is 82.3 Å². The molecule has 1 aliphatic carbocycles. The van der Waals surface area contributed by atoms with E-state index in [9.17, 15) is 0 Å². The van der Waals surface area contributed by atoms with Gasteiger partial charge in [0.05, 0.1) is 11.2 Å². The van der Waals surface area contributed by atoms with Crippen molar-refractivity contribution >= 4 is 11.8 Å². The fourth-order valence-electron chi connectivity index (χ4n) is 3.81. The fraction of sp³-hybridized carbons (Fsp3) is 1.00. The molecule has 1 heterocycles. The maximum Gasteiger partial charge on any atom is 0.0678 e. The zero-order chi connectivity index (χ0) is 14.1. The molecule has 4 heteroatoms. The van der Waals surface area contributed by atoms with Gasteiger partial charge in [0.2, 0.25) is 0 Å². The van der Waals surface area contributed by atoms with Crippen molar-refractivity contribution in [1.29, 1.82) is 0 Å². The molecule has 0 spiro atoms. The first-order chi connectivity index (χ1) is 8.84. The highest BCUT2D eigenvalue weighted by Crippen LogP contribution is 2.44. The lowest BCUT2D eigenvalue weighted by Crippen LogP contribution is -2.48. The minimum atomic E-state index is -0.0865. The number of nitrogens with two attached hydrogens (primary N) is 1. The maximum atomic E-state index is 6.20. The van der Waals surface area contributed by atoms with E-state index in [2.05, 4.69) is 44.9 Å². The molecule has 19 heavy (non-hydrogen) atoms. The molecule has 2 rings (SSSR count). The minimum Gasteiger partial charge on any atom is -0.369 e. The Morgan fingerprint density at radius 1 is 1.26 bits per heavy atom. The molecule has 0 radical (unpaired) electrons. The maximum absolute atomic E-state index is 6.20. The van der Waals surface area contributed by atoms with Gasteiger partial charge in [0, 0.05) is 23.0 Å². The number of thioether (sulfide) groups is 1. The number of hydrogen-bond acceptors (Lipinski definition) is 4. The van der Waals surface area contributed by atoms with Crippen LogP contribution in [0.4, 0.5) is 0 Å². The van der Waals surface area contributed by atoms with E-state index >= 15 is 0 Å². The van der Waals surface area contributed by atoms with Crippen LogP contribution >= 0.6 is 11.8 Å². The van der Waals surface area contributed by atoms with E-state index in [4.69, 9.17) is 10.6 Å². The average Bonchev–Trinajstić information content (AvgIpc) is 2.86. The fourth-order valence-corrected chi connectivity index (χ4v) is 5.28. The average molecular weight is 286 g/mol. The Balaban J connectivity index is 1.92. The molecule has 3 nitrogen and oxygen atoms in total. The van der Waals surface area contributed by atoms with Crippen LogP contribution in [0.2, 0.25) is 0 Å². The molecule has 2 aliphatic rings. The molecule has 0 aromatic carbocycles. The van der Waals surface area contributed by atoms with E-state index in [1.807, 2.05) is 0 Å². The topological polar surface area (TPSA) is 47.3 Å². The third kappa shape index (κ3) is 3.87. The molecule has 112 valence electrons. The van der Waals surface area contributed by atoms with Crippen molar-refractivity contribution in [3.63, 3.8) is 0 Å². The van der Waals surface area contributed by atoms with Crippen molar-refractivity contribution < 1.29 is 4.74 Å². The van der Waals surface area contributed by atoms with E-state index in [0.717, 1.165) is 17.4 Å². The summed E-state index contributed by atoms with van der Waals surface area (Å²) in [5.41, 5.74) is 2.95. The van der Waals surface area contributed by atoms with Gasteiger partial charge in [-0.3, -0.25) is 11.3 Å². The smallest absolute Gasteiger partial charge is 0.0678 e. The molecule has 0 amide bonds. The van der Waals surface area contributed by atoms with E-state index in [1.54, 1.807) is 0 Å². The van der Waals surface area contributed by atoms with Gasteiger partial charge in [0.1, 0.15) is 0 Å². The first-order valence-electron chi connectivity index (χ1n) is 7.62. The van der Waals surface area contributed by atoms with Crippen LogP contribution in [-0.2, 0) is 4.74 Å². The predicted molar refractivity (Wildman–Crippen MR) is 83.2 cm³/mol. The van der Waals surface area contributed by atoms with Gasteiger partial charge in [-0.25, -0.2) is 0 Å². The first-order valence-corrected chi connectivity index (χ1v) is 8.67. The molecule has 1 saturated heterocycles. The lowest BCUT2D eigenvalue weighted by Gasteiger charge is -2.33. The van der Waals surface area contributed by atoms with Crippen LogP contribution in [0.3, 0.4) is 0 Å². The molecular weight excluding hydrogens is 256 g/mol. The van der Waals surface area contributed by atoms with Crippen LogP contribution in [0.1, 0.15) is 59.8 Å². The van der Waals surface area contributed by atoms with Gasteiger partial charge in [-0.2, -0.15) is 11.8 Å². The Kier molecular flexibility index (Phi) is 4.87. The Hall–Kier alpha value is 0.230. The number of rotatable bonds is 5.